The molecule has 0 aliphatic carbocycles. The fourth-order valence-corrected chi connectivity index (χ4v) is 3.71. The summed E-state index contributed by atoms with van der Waals surface area (Å²) in [4.78, 5) is 2.55. The molecule has 0 fully saturated rings. The van der Waals surface area contributed by atoms with Gasteiger partial charge in [-0.2, -0.15) is 0 Å². The zero-order valence-corrected chi connectivity index (χ0v) is 14.9. The first-order chi connectivity index (χ1) is 12.2. The largest absolute Gasteiger partial charge is 0.497 e. The number of anilines is 1. The number of nitrogens with zero attached hydrogens (tertiary/aromatic N) is 2. The standard InChI is InChI=1S/C21H25N3O/c1-16(17-7-4-3-5-8-17)23-12-11-18-14-24(22-21(18)15-23)19-9-6-10-20(13-19)25-2/h3-10,13,16,22H,11-12,14-15H2,1-2H3. The molecule has 0 spiro atoms. The van der Waals surface area contributed by atoms with E-state index in [1.807, 2.05) is 12.1 Å². The second kappa shape index (κ2) is 6.81. The number of hydrogen-bond donors (Lipinski definition) is 1. The number of nitrogens with one attached hydrogen (secondary N) is 1. The molecule has 4 nitrogen and oxygen atoms in total. The average Bonchev–Trinajstić information content (AvgIpc) is 3.11. The van der Waals surface area contributed by atoms with Gasteiger partial charge in [-0.1, -0.05) is 36.4 Å². The Hall–Kier alpha value is -2.46. The third-order valence-corrected chi connectivity index (χ3v) is 5.30. The molecule has 130 valence electrons. The molecule has 2 aromatic rings. The molecule has 0 amide bonds. The highest BCUT2D eigenvalue weighted by Gasteiger charge is 2.29. The summed E-state index contributed by atoms with van der Waals surface area (Å²) >= 11 is 0. The van der Waals surface area contributed by atoms with Crippen molar-refractivity contribution in [2.75, 3.05) is 31.8 Å². The lowest BCUT2D eigenvalue weighted by Crippen LogP contribution is -2.38. The Labute approximate surface area is 149 Å². The Morgan fingerprint density at radius 1 is 1.04 bits per heavy atom. The predicted octanol–water partition coefficient (Wildman–Crippen LogP) is 3.74. The van der Waals surface area contributed by atoms with Gasteiger partial charge in [0.2, 0.25) is 0 Å². The minimum atomic E-state index is 0.433. The second-order valence-electron chi connectivity index (χ2n) is 6.79. The van der Waals surface area contributed by atoms with E-state index in [2.05, 4.69) is 64.7 Å². The zero-order valence-electron chi connectivity index (χ0n) is 14.9. The van der Waals surface area contributed by atoms with Crippen molar-refractivity contribution in [2.45, 2.75) is 19.4 Å². The van der Waals surface area contributed by atoms with E-state index in [1.54, 1.807) is 7.11 Å². The molecule has 0 aromatic heterocycles. The lowest BCUT2D eigenvalue weighted by atomic mass is 10.0. The van der Waals surface area contributed by atoms with Gasteiger partial charge in [0, 0.05) is 30.9 Å². The second-order valence-corrected chi connectivity index (χ2v) is 6.79. The maximum atomic E-state index is 5.35. The van der Waals surface area contributed by atoms with E-state index in [0.717, 1.165) is 37.5 Å². The van der Waals surface area contributed by atoms with Crippen LogP contribution in [-0.4, -0.2) is 31.6 Å². The third-order valence-electron chi connectivity index (χ3n) is 5.30. The Bertz CT molecular complexity index is 772. The molecular formula is C21H25N3O. The van der Waals surface area contributed by atoms with E-state index < -0.39 is 0 Å². The number of hydrazine groups is 1. The average molecular weight is 335 g/mol. The van der Waals surface area contributed by atoms with Gasteiger partial charge in [0.25, 0.3) is 0 Å². The summed E-state index contributed by atoms with van der Waals surface area (Å²) in [5, 5.41) is 2.23. The van der Waals surface area contributed by atoms with Crippen LogP contribution in [0.25, 0.3) is 0 Å². The molecule has 0 saturated carbocycles. The number of hydrogen-bond acceptors (Lipinski definition) is 4. The molecule has 1 unspecified atom stereocenters. The molecule has 2 heterocycles. The maximum Gasteiger partial charge on any atom is 0.120 e. The van der Waals surface area contributed by atoms with Crippen LogP contribution in [0.1, 0.15) is 24.9 Å². The Morgan fingerprint density at radius 2 is 1.88 bits per heavy atom. The quantitative estimate of drug-likeness (QED) is 0.921. The molecule has 1 atom stereocenters. The topological polar surface area (TPSA) is 27.7 Å². The summed E-state index contributed by atoms with van der Waals surface area (Å²) in [6.07, 6.45) is 1.12. The normalized spacial score (nSPS) is 18.7. The van der Waals surface area contributed by atoms with E-state index >= 15 is 0 Å². The van der Waals surface area contributed by atoms with Gasteiger partial charge in [-0.3, -0.25) is 9.91 Å². The van der Waals surface area contributed by atoms with Gasteiger partial charge in [0.1, 0.15) is 5.75 Å². The first kappa shape index (κ1) is 16.0. The van der Waals surface area contributed by atoms with Crippen LogP contribution >= 0.6 is 0 Å². The Kier molecular flexibility index (Phi) is 4.36. The van der Waals surface area contributed by atoms with Crippen molar-refractivity contribution in [3.8, 4) is 5.75 Å². The minimum Gasteiger partial charge on any atom is -0.497 e. The molecule has 0 saturated heterocycles. The van der Waals surface area contributed by atoms with Crippen LogP contribution in [0, 0.1) is 0 Å². The van der Waals surface area contributed by atoms with Crippen molar-refractivity contribution in [3.05, 3.63) is 71.4 Å². The van der Waals surface area contributed by atoms with Gasteiger partial charge in [-0.05, 0) is 36.6 Å². The van der Waals surface area contributed by atoms with E-state index in [0.29, 0.717) is 6.04 Å². The van der Waals surface area contributed by atoms with Crippen molar-refractivity contribution in [3.63, 3.8) is 0 Å². The van der Waals surface area contributed by atoms with E-state index in [1.165, 1.54) is 16.8 Å². The van der Waals surface area contributed by atoms with Gasteiger partial charge >= 0.3 is 0 Å². The summed E-state index contributed by atoms with van der Waals surface area (Å²) in [6.45, 7) is 5.35. The predicted molar refractivity (Wildman–Crippen MR) is 102 cm³/mol. The zero-order chi connectivity index (χ0) is 17.2. The van der Waals surface area contributed by atoms with Gasteiger partial charge in [0.05, 0.1) is 19.3 Å². The molecular weight excluding hydrogens is 310 g/mol. The first-order valence-electron chi connectivity index (χ1n) is 8.93. The molecule has 2 aliphatic rings. The van der Waals surface area contributed by atoms with Crippen LogP contribution in [0.4, 0.5) is 5.69 Å². The fourth-order valence-electron chi connectivity index (χ4n) is 3.71. The maximum absolute atomic E-state index is 5.35. The van der Waals surface area contributed by atoms with E-state index in [4.69, 9.17) is 4.74 Å². The molecule has 4 heteroatoms. The van der Waals surface area contributed by atoms with Gasteiger partial charge in [-0.25, -0.2) is 0 Å². The molecule has 25 heavy (non-hydrogen) atoms. The van der Waals surface area contributed by atoms with E-state index in [-0.39, 0.29) is 0 Å². The number of methoxy groups -OCH3 is 1. The molecule has 1 N–H and O–H groups in total. The summed E-state index contributed by atoms with van der Waals surface area (Å²) in [5.74, 6) is 0.892. The molecule has 0 bridgehead atoms. The first-order valence-corrected chi connectivity index (χ1v) is 8.93. The summed E-state index contributed by atoms with van der Waals surface area (Å²) in [5.41, 5.74) is 9.03. The van der Waals surface area contributed by atoms with Crippen LogP contribution in [0.3, 0.4) is 0 Å². The van der Waals surface area contributed by atoms with E-state index in [9.17, 15) is 0 Å². The van der Waals surface area contributed by atoms with Crippen molar-refractivity contribution < 1.29 is 4.74 Å². The molecule has 2 aromatic carbocycles. The van der Waals surface area contributed by atoms with Crippen LogP contribution in [0.15, 0.2) is 65.9 Å². The van der Waals surface area contributed by atoms with Gasteiger partial charge in [0.15, 0.2) is 0 Å². The summed E-state index contributed by atoms with van der Waals surface area (Å²) < 4.78 is 5.35. The smallest absolute Gasteiger partial charge is 0.120 e. The minimum absolute atomic E-state index is 0.433. The van der Waals surface area contributed by atoms with Crippen LogP contribution in [-0.2, 0) is 0 Å². The monoisotopic (exact) mass is 335 g/mol. The van der Waals surface area contributed by atoms with Crippen molar-refractivity contribution >= 4 is 5.69 Å². The van der Waals surface area contributed by atoms with Gasteiger partial charge in [-0.15, -0.1) is 0 Å². The highest BCUT2D eigenvalue weighted by atomic mass is 16.5. The number of ether oxygens (including phenoxy) is 1. The molecule has 0 radical (unpaired) electrons. The SMILES string of the molecule is COc1cccc(N2CC3=C(CN(C(C)c4ccccc4)CC3)N2)c1. The lowest BCUT2D eigenvalue weighted by Gasteiger charge is -2.33. The van der Waals surface area contributed by atoms with Crippen molar-refractivity contribution in [2.24, 2.45) is 0 Å². The Balaban J connectivity index is 1.46. The summed E-state index contributed by atoms with van der Waals surface area (Å²) in [6, 6.07) is 19.4. The Morgan fingerprint density at radius 3 is 2.68 bits per heavy atom. The van der Waals surface area contributed by atoms with Crippen LogP contribution < -0.4 is 15.2 Å². The lowest BCUT2D eigenvalue weighted by molar-refractivity contribution is 0.218. The number of benzene rings is 2. The number of rotatable bonds is 4. The molecule has 2 aliphatic heterocycles. The van der Waals surface area contributed by atoms with Gasteiger partial charge < -0.3 is 10.2 Å². The van der Waals surface area contributed by atoms with Crippen molar-refractivity contribution in [1.29, 1.82) is 0 Å². The summed E-state index contributed by atoms with van der Waals surface area (Å²) in [7, 11) is 1.71. The highest BCUT2D eigenvalue weighted by molar-refractivity contribution is 5.53. The fraction of sp³-hybridized carbons (Fsp3) is 0.333. The van der Waals surface area contributed by atoms with Crippen LogP contribution in [0.5, 0.6) is 5.75 Å². The highest BCUT2D eigenvalue weighted by Crippen LogP contribution is 2.31. The van der Waals surface area contributed by atoms with Crippen LogP contribution in [0.2, 0.25) is 0 Å². The molecule has 4 rings (SSSR count). The van der Waals surface area contributed by atoms with Crippen molar-refractivity contribution in [1.82, 2.24) is 10.3 Å². The third kappa shape index (κ3) is 3.22.